The van der Waals surface area contributed by atoms with Gasteiger partial charge in [0.15, 0.2) is 12.1 Å². The predicted octanol–water partition coefficient (Wildman–Crippen LogP) is 0.803. The average molecular weight is 310 g/mol. The van der Waals surface area contributed by atoms with Crippen LogP contribution in [0.15, 0.2) is 30.3 Å². The summed E-state index contributed by atoms with van der Waals surface area (Å²) in [6.45, 7) is 3.18. The van der Waals surface area contributed by atoms with Gasteiger partial charge in [-0.25, -0.2) is 0 Å². The molecular weight excluding hydrogens is 288 g/mol. The lowest BCUT2D eigenvalue weighted by atomic mass is 9.97. The molecule has 2 aliphatic heterocycles. The van der Waals surface area contributed by atoms with E-state index < -0.39 is 29.9 Å². The fourth-order valence-electron chi connectivity index (χ4n) is 2.96. The van der Waals surface area contributed by atoms with Crippen molar-refractivity contribution in [3.05, 3.63) is 35.9 Å². The number of ether oxygens (including phenoxy) is 4. The average Bonchev–Trinajstić information content (AvgIpc) is 2.95. The van der Waals surface area contributed by atoms with Crippen molar-refractivity contribution in [1.82, 2.24) is 0 Å². The third-order valence-electron chi connectivity index (χ3n) is 4.06. The Morgan fingerprint density at radius 2 is 1.73 bits per heavy atom. The summed E-state index contributed by atoms with van der Waals surface area (Å²) in [5.41, 5.74) is -0.227. The summed E-state index contributed by atoms with van der Waals surface area (Å²) in [6, 6.07) is 9.68. The SMILES string of the molecule is CC1(C)OC2[C@H](O1)OC(CO)(CO)[C@@H]2OCc1ccccc1. The van der Waals surface area contributed by atoms with Gasteiger partial charge in [-0.15, -0.1) is 0 Å². The Kier molecular flexibility index (Phi) is 4.24. The van der Waals surface area contributed by atoms with Crippen LogP contribution in [0.2, 0.25) is 0 Å². The summed E-state index contributed by atoms with van der Waals surface area (Å²) in [6.07, 6.45) is -1.76. The van der Waals surface area contributed by atoms with Crippen molar-refractivity contribution in [1.29, 1.82) is 0 Å². The minimum atomic E-state index is -1.22. The lowest BCUT2D eigenvalue weighted by molar-refractivity contribution is -0.258. The lowest BCUT2D eigenvalue weighted by Crippen LogP contribution is -2.52. The van der Waals surface area contributed by atoms with Crippen LogP contribution in [-0.2, 0) is 25.6 Å². The number of rotatable bonds is 5. The van der Waals surface area contributed by atoms with Gasteiger partial charge in [-0.1, -0.05) is 30.3 Å². The highest BCUT2D eigenvalue weighted by Crippen LogP contribution is 2.43. The van der Waals surface area contributed by atoms with Gasteiger partial charge in [0.05, 0.1) is 19.8 Å². The van der Waals surface area contributed by atoms with Crippen LogP contribution in [0.5, 0.6) is 0 Å². The van der Waals surface area contributed by atoms with Gasteiger partial charge in [0.25, 0.3) is 0 Å². The molecule has 0 aromatic heterocycles. The van der Waals surface area contributed by atoms with Crippen molar-refractivity contribution >= 4 is 0 Å². The quantitative estimate of drug-likeness (QED) is 0.838. The van der Waals surface area contributed by atoms with E-state index in [0.717, 1.165) is 5.56 Å². The highest BCUT2D eigenvalue weighted by molar-refractivity contribution is 5.14. The third kappa shape index (κ3) is 2.78. The Balaban J connectivity index is 1.77. The number of hydrogen-bond donors (Lipinski definition) is 2. The second-order valence-electron chi connectivity index (χ2n) is 6.18. The third-order valence-corrected chi connectivity index (χ3v) is 4.06. The maximum atomic E-state index is 9.69. The van der Waals surface area contributed by atoms with Crippen LogP contribution in [0.1, 0.15) is 19.4 Å². The Morgan fingerprint density at radius 3 is 2.36 bits per heavy atom. The summed E-state index contributed by atoms with van der Waals surface area (Å²) < 4.78 is 23.2. The highest BCUT2D eigenvalue weighted by Gasteiger charge is 2.62. The predicted molar refractivity (Wildman–Crippen MR) is 76.8 cm³/mol. The Bertz CT molecular complexity index is 499. The Labute approximate surface area is 129 Å². The molecule has 2 saturated heterocycles. The Morgan fingerprint density at radius 1 is 1.05 bits per heavy atom. The van der Waals surface area contributed by atoms with E-state index in [0.29, 0.717) is 6.61 Å². The van der Waals surface area contributed by atoms with Gasteiger partial charge in [0.1, 0.15) is 17.8 Å². The van der Waals surface area contributed by atoms with Crippen LogP contribution in [0, 0.1) is 0 Å². The summed E-state index contributed by atoms with van der Waals surface area (Å²) >= 11 is 0. The van der Waals surface area contributed by atoms with E-state index in [2.05, 4.69) is 0 Å². The zero-order chi connectivity index (χ0) is 15.8. The van der Waals surface area contributed by atoms with Crippen LogP contribution >= 0.6 is 0 Å². The molecule has 6 heteroatoms. The van der Waals surface area contributed by atoms with E-state index in [1.165, 1.54) is 0 Å². The van der Waals surface area contributed by atoms with Crippen LogP contribution in [0.4, 0.5) is 0 Å². The smallest absolute Gasteiger partial charge is 0.190 e. The van der Waals surface area contributed by atoms with Gasteiger partial charge >= 0.3 is 0 Å². The molecule has 0 spiro atoms. The molecule has 0 saturated carbocycles. The largest absolute Gasteiger partial charge is 0.393 e. The fourth-order valence-corrected chi connectivity index (χ4v) is 2.96. The molecule has 122 valence electrons. The van der Waals surface area contributed by atoms with E-state index in [1.54, 1.807) is 13.8 Å². The molecule has 0 radical (unpaired) electrons. The molecule has 0 aliphatic carbocycles. The molecule has 1 aromatic rings. The van der Waals surface area contributed by atoms with E-state index in [4.69, 9.17) is 18.9 Å². The number of aliphatic hydroxyl groups is 2. The van der Waals surface area contributed by atoms with E-state index in [1.807, 2.05) is 30.3 Å². The number of fused-ring (bicyclic) bond motifs is 1. The molecular formula is C16H22O6. The molecule has 0 bridgehead atoms. The number of benzene rings is 1. The first-order valence-corrected chi connectivity index (χ1v) is 7.40. The van der Waals surface area contributed by atoms with Crippen LogP contribution < -0.4 is 0 Å². The number of aliphatic hydroxyl groups excluding tert-OH is 2. The molecule has 6 nitrogen and oxygen atoms in total. The van der Waals surface area contributed by atoms with Crippen LogP contribution in [0.25, 0.3) is 0 Å². The second-order valence-corrected chi connectivity index (χ2v) is 6.18. The number of hydrogen-bond acceptors (Lipinski definition) is 6. The zero-order valence-electron chi connectivity index (χ0n) is 12.8. The van der Waals surface area contributed by atoms with Crippen molar-refractivity contribution in [2.45, 2.75) is 50.3 Å². The zero-order valence-corrected chi connectivity index (χ0v) is 12.8. The van der Waals surface area contributed by atoms with Gasteiger partial charge in [-0.3, -0.25) is 0 Å². The molecule has 1 unspecified atom stereocenters. The van der Waals surface area contributed by atoms with Gasteiger partial charge in [-0.2, -0.15) is 0 Å². The van der Waals surface area contributed by atoms with Gasteiger partial charge in [-0.05, 0) is 19.4 Å². The van der Waals surface area contributed by atoms with Crippen molar-refractivity contribution in [3.8, 4) is 0 Å². The first kappa shape index (κ1) is 15.9. The first-order chi connectivity index (χ1) is 10.5. The van der Waals surface area contributed by atoms with Gasteiger partial charge in [0, 0.05) is 0 Å². The molecule has 22 heavy (non-hydrogen) atoms. The Hall–Kier alpha value is -1.02. The summed E-state index contributed by atoms with van der Waals surface area (Å²) in [5.74, 6) is -0.777. The summed E-state index contributed by atoms with van der Waals surface area (Å²) in [5, 5.41) is 19.4. The molecule has 2 heterocycles. The molecule has 2 N–H and O–H groups in total. The van der Waals surface area contributed by atoms with Crippen molar-refractivity contribution in [2.75, 3.05) is 13.2 Å². The van der Waals surface area contributed by atoms with Gasteiger partial charge < -0.3 is 29.2 Å². The van der Waals surface area contributed by atoms with Crippen molar-refractivity contribution in [2.24, 2.45) is 0 Å². The van der Waals surface area contributed by atoms with E-state index in [9.17, 15) is 10.2 Å². The second kappa shape index (κ2) is 5.88. The van der Waals surface area contributed by atoms with Crippen LogP contribution in [-0.4, -0.2) is 53.3 Å². The molecule has 2 fully saturated rings. The maximum absolute atomic E-state index is 9.69. The van der Waals surface area contributed by atoms with Crippen molar-refractivity contribution < 1.29 is 29.2 Å². The molecule has 1 aromatic carbocycles. The maximum Gasteiger partial charge on any atom is 0.190 e. The minimum Gasteiger partial charge on any atom is -0.393 e. The van der Waals surface area contributed by atoms with Crippen molar-refractivity contribution in [3.63, 3.8) is 0 Å². The topological polar surface area (TPSA) is 77.4 Å². The molecule has 3 atom stereocenters. The fraction of sp³-hybridized carbons (Fsp3) is 0.625. The molecule has 0 amide bonds. The summed E-state index contributed by atoms with van der Waals surface area (Å²) in [7, 11) is 0. The van der Waals surface area contributed by atoms with E-state index >= 15 is 0 Å². The molecule has 2 aliphatic rings. The standard InChI is InChI=1S/C16H22O6/c1-15(2)20-12-13(19-8-11-6-4-3-5-7-11)16(9-17,10-18)22-14(12)21-15/h3-7,12-14,17-18H,8-10H2,1-2H3/t12?,13-,14-/m1/s1. The lowest BCUT2D eigenvalue weighted by Gasteiger charge is -2.33. The highest BCUT2D eigenvalue weighted by atomic mass is 16.8. The molecule has 3 rings (SSSR count). The monoisotopic (exact) mass is 310 g/mol. The minimum absolute atomic E-state index is 0.337. The normalized spacial score (nSPS) is 32.1. The van der Waals surface area contributed by atoms with Crippen LogP contribution in [0.3, 0.4) is 0 Å². The first-order valence-electron chi connectivity index (χ1n) is 7.40. The summed E-state index contributed by atoms with van der Waals surface area (Å²) in [4.78, 5) is 0. The van der Waals surface area contributed by atoms with E-state index in [-0.39, 0.29) is 13.2 Å². The van der Waals surface area contributed by atoms with Gasteiger partial charge in [0.2, 0.25) is 0 Å².